The Bertz CT molecular complexity index is 612. The van der Waals surface area contributed by atoms with Gasteiger partial charge in [-0.3, -0.25) is 10.1 Å². The summed E-state index contributed by atoms with van der Waals surface area (Å²) in [4.78, 5) is 15.0. The van der Waals surface area contributed by atoms with Gasteiger partial charge in [0.15, 0.2) is 4.47 Å². The Labute approximate surface area is 134 Å². The highest BCUT2D eigenvalue weighted by atomic mass is 79.9. The molecule has 1 aromatic heterocycles. The lowest BCUT2D eigenvalue weighted by atomic mass is 10.3. The third kappa shape index (κ3) is 3.65. The molecule has 2 rings (SSSR count). The number of benzene rings is 1. The van der Waals surface area contributed by atoms with Gasteiger partial charge in [-0.15, -0.1) is 11.3 Å². The van der Waals surface area contributed by atoms with E-state index in [4.69, 9.17) is 16.3 Å². The van der Waals surface area contributed by atoms with Crippen LogP contribution in [-0.4, -0.2) is 9.91 Å². The summed E-state index contributed by atoms with van der Waals surface area (Å²) in [5.41, 5.74) is -0.0214. The van der Waals surface area contributed by atoms with Gasteiger partial charge in [0, 0.05) is 18.3 Å². The fraction of sp³-hybridized carbons (Fsp3) is 0.100. The summed E-state index contributed by atoms with van der Waals surface area (Å²) in [7, 11) is 0. The average Bonchev–Trinajstić information content (AvgIpc) is 2.73. The van der Waals surface area contributed by atoms with Crippen LogP contribution in [-0.2, 0) is 6.61 Å². The topological polar surface area (TPSA) is 65.3 Å². The molecule has 0 bridgehead atoms. The van der Waals surface area contributed by atoms with Gasteiger partial charge < -0.3 is 4.74 Å². The number of halogens is 3. The van der Waals surface area contributed by atoms with Crippen molar-refractivity contribution >= 4 is 60.5 Å². The summed E-state index contributed by atoms with van der Waals surface area (Å²) in [5.74, 6) is 0.495. The SMILES string of the molecule is O=[N+]([O-])c1cc(Br)c(OCc2cnc(Cl)s2)c(Br)c1. The maximum absolute atomic E-state index is 10.7. The summed E-state index contributed by atoms with van der Waals surface area (Å²) < 4.78 is 7.05. The number of hydrogen-bond donors (Lipinski definition) is 0. The van der Waals surface area contributed by atoms with Gasteiger partial charge in [-0.2, -0.15) is 0 Å². The third-order valence-corrected chi connectivity index (χ3v) is 4.34. The zero-order chi connectivity index (χ0) is 14.0. The van der Waals surface area contributed by atoms with Crippen LogP contribution in [0.2, 0.25) is 4.47 Å². The molecule has 0 aliphatic rings. The van der Waals surface area contributed by atoms with Crippen molar-refractivity contribution in [1.82, 2.24) is 4.98 Å². The van der Waals surface area contributed by atoms with Gasteiger partial charge in [0.25, 0.3) is 5.69 Å². The van der Waals surface area contributed by atoms with E-state index in [1.165, 1.54) is 23.5 Å². The van der Waals surface area contributed by atoms with E-state index in [-0.39, 0.29) is 5.69 Å². The van der Waals surface area contributed by atoms with Gasteiger partial charge in [0.1, 0.15) is 12.4 Å². The van der Waals surface area contributed by atoms with E-state index >= 15 is 0 Å². The molecule has 0 saturated carbocycles. The molecule has 0 radical (unpaired) electrons. The van der Waals surface area contributed by atoms with Crippen molar-refractivity contribution in [2.45, 2.75) is 6.61 Å². The Balaban J connectivity index is 2.18. The monoisotopic (exact) mass is 426 g/mol. The molecule has 0 amide bonds. The molecule has 0 aliphatic heterocycles. The van der Waals surface area contributed by atoms with Gasteiger partial charge in [-0.05, 0) is 31.9 Å². The molecule has 2 aromatic rings. The molecule has 1 aromatic carbocycles. The van der Waals surface area contributed by atoms with E-state index in [0.29, 0.717) is 25.8 Å². The number of nitro groups is 1. The Morgan fingerprint density at radius 2 is 2.05 bits per heavy atom. The Kier molecular flexibility index (Phi) is 4.77. The zero-order valence-corrected chi connectivity index (χ0v) is 13.8. The number of ether oxygens (including phenoxy) is 1. The summed E-state index contributed by atoms with van der Waals surface area (Å²) in [5, 5.41) is 10.7. The zero-order valence-electron chi connectivity index (χ0n) is 9.10. The molecule has 0 atom stereocenters. The fourth-order valence-electron chi connectivity index (χ4n) is 1.28. The predicted molar refractivity (Wildman–Crippen MR) is 80.0 cm³/mol. The second kappa shape index (κ2) is 6.17. The highest BCUT2D eigenvalue weighted by Crippen LogP contribution is 2.37. The largest absolute Gasteiger partial charge is 0.486 e. The molecule has 100 valence electrons. The minimum Gasteiger partial charge on any atom is -0.486 e. The van der Waals surface area contributed by atoms with Crippen molar-refractivity contribution in [3.05, 3.63) is 46.7 Å². The molecule has 5 nitrogen and oxygen atoms in total. The number of nitro benzene ring substituents is 1. The summed E-state index contributed by atoms with van der Waals surface area (Å²) in [6, 6.07) is 2.78. The van der Waals surface area contributed by atoms with Crippen LogP contribution in [0.3, 0.4) is 0 Å². The number of nitrogens with zero attached hydrogens (tertiary/aromatic N) is 2. The van der Waals surface area contributed by atoms with Gasteiger partial charge in [-0.1, -0.05) is 11.6 Å². The van der Waals surface area contributed by atoms with Crippen LogP contribution in [0.25, 0.3) is 0 Å². The molecule has 0 aliphatic carbocycles. The lowest BCUT2D eigenvalue weighted by Gasteiger charge is -2.08. The summed E-state index contributed by atoms with van der Waals surface area (Å²) in [6.45, 7) is 0.291. The van der Waals surface area contributed by atoms with Crippen molar-refractivity contribution < 1.29 is 9.66 Å². The lowest BCUT2D eigenvalue weighted by molar-refractivity contribution is -0.385. The van der Waals surface area contributed by atoms with E-state index in [1.54, 1.807) is 6.20 Å². The van der Waals surface area contributed by atoms with Crippen molar-refractivity contribution in [3.63, 3.8) is 0 Å². The first-order valence-corrected chi connectivity index (χ1v) is 7.62. The quantitative estimate of drug-likeness (QED) is 0.518. The first kappa shape index (κ1) is 14.7. The van der Waals surface area contributed by atoms with Crippen molar-refractivity contribution in [3.8, 4) is 5.75 Å². The first-order valence-electron chi connectivity index (χ1n) is 4.84. The normalized spacial score (nSPS) is 10.5. The van der Waals surface area contributed by atoms with Crippen LogP contribution in [0.15, 0.2) is 27.3 Å². The Morgan fingerprint density at radius 1 is 1.42 bits per heavy atom. The van der Waals surface area contributed by atoms with Crippen LogP contribution in [0.4, 0.5) is 5.69 Å². The Hall–Kier alpha value is -0.700. The third-order valence-electron chi connectivity index (χ3n) is 2.08. The predicted octanol–water partition coefficient (Wildman–Crippen LogP) is 4.81. The number of aromatic nitrogens is 1. The van der Waals surface area contributed by atoms with E-state index < -0.39 is 4.92 Å². The number of rotatable bonds is 4. The van der Waals surface area contributed by atoms with E-state index in [2.05, 4.69) is 36.8 Å². The molecule has 0 spiro atoms. The second-order valence-electron chi connectivity index (χ2n) is 3.36. The van der Waals surface area contributed by atoms with Crippen molar-refractivity contribution in [2.24, 2.45) is 0 Å². The smallest absolute Gasteiger partial charge is 0.271 e. The van der Waals surface area contributed by atoms with Crippen molar-refractivity contribution in [2.75, 3.05) is 0 Å². The van der Waals surface area contributed by atoms with E-state index in [0.717, 1.165) is 4.88 Å². The van der Waals surface area contributed by atoms with Crippen LogP contribution in [0.1, 0.15) is 4.88 Å². The van der Waals surface area contributed by atoms with E-state index in [9.17, 15) is 10.1 Å². The highest BCUT2D eigenvalue weighted by molar-refractivity contribution is 9.11. The maximum Gasteiger partial charge on any atom is 0.271 e. The van der Waals surface area contributed by atoms with Gasteiger partial charge in [-0.25, -0.2) is 4.98 Å². The summed E-state index contributed by atoms with van der Waals surface area (Å²) >= 11 is 13.5. The van der Waals surface area contributed by atoms with Crippen LogP contribution < -0.4 is 4.74 Å². The Morgan fingerprint density at radius 3 is 2.53 bits per heavy atom. The number of thiazole rings is 1. The molecular weight excluding hydrogens is 423 g/mol. The minimum atomic E-state index is -0.470. The lowest BCUT2D eigenvalue weighted by Crippen LogP contribution is -1.96. The first-order chi connectivity index (χ1) is 8.97. The molecule has 0 unspecified atom stereocenters. The van der Waals surface area contributed by atoms with Crippen LogP contribution in [0.5, 0.6) is 5.75 Å². The number of hydrogen-bond acceptors (Lipinski definition) is 5. The molecule has 0 N–H and O–H groups in total. The van der Waals surface area contributed by atoms with Crippen LogP contribution in [0, 0.1) is 10.1 Å². The molecule has 1 heterocycles. The number of non-ortho nitro benzene ring substituents is 1. The second-order valence-corrected chi connectivity index (χ2v) is 6.77. The maximum atomic E-state index is 10.7. The molecular formula is C10H5Br2ClN2O3S. The van der Waals surface area contributed by atoms with Gasteiger partial charge >= 0.3 is 0 Å². The van der Waals surface area contributed by atoms with Crippen LogP contribution >= 0.6 is 54.8 Å². The molecule has 9 heteroatoms. The van der Waals surface area contributed by atoms with Gasteiger partial charge in [0.2, 0.25) is 0 Å². The van der Waals surface area contributed by atoms with E-state index in [1.807, 2.05) is 0 Å². The highest BCUT2D eigenvalue weighted by Gasteiger charge is 2.15. The van der Waals surface area contributed by atoms with Gasteiger partial charge in [0.05, 0.1) is 18.7 Å². The molecule has 0 saturated heterocycles. The standard InChI is InChI=1S/C10H5Br2ClN2O3S/c11-7-1-5(15(16)17)2-8(12)9(7)18-4-6-3-14-10(13)19-6/h1-3H,4H2. The molecule has 19 heavy (non-hydrogen) atoms. The van der Waals surface area contributed by atoms with Crippen molar-refractivity contribution in [1.29, 1.82) is 0 Å². The summed E-state index contributed by atoms with van der Waals surface area (Å²) in [6.07, 6.45) is 1.63. The fourth-order valence-corrected chi connectivity index (χ4v) is 3.57. The minimum absolute atomic E-state index is 0.0214. The molecule has 0 fully saturated rings. The average molecular weight is 428 g/mol.